The minimum absolute atomic E-state index is 0.321. The first kappa shape index (κ1) is 19.4. The molecule has 3 aromatic rings. The van der Waals surface area contributed by atoms with Gasteiger partial charge in [0.2, 0.25) is 0 Å². The first-order valence-electron chi connectivity index (χ1n) is 8.49. The Hall–Kier alpha value is -3.38. The third-order valence-electron chi connectivity index (χ3n) is 3.95. The number of aromatic nitrogens is 1. The fraction of sp³-hybridized carbons (Fsp3) is 0.0952. The topological polar surface area (TPSA) is 80.3 Å². The number of rotatable bonds is 6. The lowest BCUT2D eigenvalue weighted by molar-refractivity contribution is 0.0600. The quantitative estimate of drug-likeness (QED) is 0.605. The maximum atomic E-state index is 12.4. The molecule has 28 heavy (non-hydrogen) atoms. The predicted molar refractivity (Wildman–Crippen MR) is 109 cm³/mol. The van der Waals surface area contributed by atoms with Crippen molar-refractivity contribution in [1.29, 1.82) is 0 Å². The number of esters is 1. The summed E-state index contributed by atoms with van der Waals surface area (Å²) in [7, 11) is 1.31. The summed E-state index contributed by atoms with van der Waals surface area (Å²) in [4.78, 5) is 28.2. The van der Waals surface area contributed by atoms with Crippen LogP contribution in [0.3, 0.4) is 0 Å². The van der Waals surface area contributed by atoms with Crippen molar-refractivity contribution in [1.82, 2.24) is 4.98 Å². The number of benzene rings is 2. The Kier molecular flexibility index (Phi) is 6.24. The molecule has 0 fully saturated rings. The molecule has 142 valence electrons. The highest BCUT2D eigenvalue weighted by Crippen LogP contribution is 2.15. The molecule has 6 nitrogen and oxygen atoms in total. The van der Waals surface area contributed by atoms with Crippen LogP contribution in [0.2, 0.25) is 5.02 Å². The van der Waals surface area contributed by atoms with E-state index < -0.39 is 5.97 Å². The number of hydrogen-bond acceptors (Lipinski definition) is 5. The van der Waals surface area contributed by atoms with Crippen LogP contribution in [0.15, 0.2) is 66.9 Å². The first-order valence-corrected chi connectivity index (χ1v) is 8.87. The number of nitrogens with zero attached hydrogens (tertiary/aromatic N) is 1. The molecule has 0 bridgehead atoms. The fourth-order valence-corrected chi connectivity index (χ4v) is 2.60. The molecule has 0 aliphatic rings. The van der Waals surface area contributed by atoms with Crippen LogP contribution in [-0.4, -0.2) is 24.0 Å². The number of amides is 1. The normalized spacial score (nSPS) is 10.2. The molecule has 0 radical (unpaired) electrons. The molecule has 0 saturated heterocycles. The summed E-state index contributed by atoms with van der Waals surface area (Å²) in [6, 6.07) is 17.5. The van der Waals surface area contributed by atoms with E-state index in [1.807, 2.05) is 24.3 Å². The second-order valence-electron chi connectivity index (χ2n) is 5.94. The lowest BCUT2D eigenvalue weighted by Gasteiger charge is -2.08. The molecule has 2 aromatic carbocycles. The number of halogens is 1. The highest BCUT2D eigenvalue weighted by molar-refractivity contribution is 6.30. The maximum absolute atomic E-state index is 12.4. The van der Waals surface area contributed by atoms with Gasteiger partial charge in [0.05, 0.1) is 18.2 Å². The van der Waals surface area contributed by atoms with E-state index in [4.69, 9.17) is 11.6 Å². The third kappa shape index (κ3) is 5.08. The van der Waals surface area contributed by atoms with Gasteiger partial charge in [-0.3, -0.25) is 4.79 Å². The lowest BCUT2D eigenvalue weighted by atomic mass is 10.2. The van der Waals surface area contributed by atoms with Crippen molar-refractivity contribution in [2.24, 2.45) is 0 Å². The van der Waals surface area contributed by atoms with Gasteiger partial charge < -0.3 is 15.4 Å². The largest absolute Gasteiger partial charge is 0.465 e. The highest BCUT2D eigenvalue weighted by atomic mass is 35.5. The molecular weight excluding hydrogens is 378 g/mol. The molecule has 0 aliphatic carbocycles. The Morgan fingerprint density at radius 3 is 2.50 bits per heavy atom. The molecule has 3 rings (SSSR count). The predicted octanol–water partition coefficient (Wildman–Crippen LogP) is 4.39. The lowest BCUT2D eigenvalue weighted by Crippen LogP contribution is -2.13. The van der Waals surface area contributed by atoms with Crippen molar-refractivity contribution in [2.45, 2.75) is 6.54 Å². The van der Waals surface area contributed by atoms with Crippen LogP contribution in [0.1, 0.15) is 26.3 Å². The van der Waals surface area contributed by atoms with Gasteiger partial charge in [0, 0.05) is 23.5 Å². The van der Waals surface area contributed by atoms with Crippen LogP contribution < -0.4 is 10.6 Å². The minimum atomic E-state index is -0.464. The zero-order valence-electron chi connectivity index (χ0n) is 15.1. The average molecular weight is 396 g/mol. The van der Waals surface area contributed by atoms with Crippen molar-refractivity contribution >= 4 is 35.0 Å². The standard InChI is InChI=1S/C21H18ClN3O3/c1-28-21(27)15-3-2-4-18(11-15)25-20(26)16-7-10-19(24-13-16)23-12-14-5-8-17(22)9-6-14/h2-11,13H,12H2,1H3,(H,23,24)(H,25,26). The van der Waals surface area contributed by atoms with Crippen LogP contribution >= 0.6 is 11.6 Å². The van der Waals surface area contributed by atoms with Crippen molar-refractivity contribution < 1.29 is 14.3 Å². The molecule has 0 saturated carbocycles. The van der Waals surface area contributed by atoms with E-state index in [1.54, 1.807) is 36.4 Å². The number of carbonyl (C=O) groups is 2. The molecule has 0 atom stereocenters. The number of methoxy groups -OCH3 is 1. The van der Waals surface area contributed by atoms with Gasteiger partial charge in [-0.2, -0.15) is 0 Å². The minimum Gasteiger partial charge on any atom is -0.465 e. The van der Waals surface area contributed by atoms with E-state index in [0.29, 0.717) is 34.2 Å². The van der Waals surface area contributed by atoms with Crippen LogP contribution in [0.4, 0.5) is 11.5 Å². The number of ether oxygens (including phenoxy) is 1. The fourth-order valence-electron chi connectivity index (χ4n) is 2.47. The Morgan fingerprint density at radius 1 is 1.04 bits per heavy atom. The van der Waals surface area contributed by atoms with E-state index in [0.717, 1.165) is 5.56 Å². The van der Waals surface area contributed by atoms with E-state index in [9.17, 15) is 9.59 Å². The second kappa shape index (κ2) is 9.01. The van der Waals surface area contributed by atoms with Crippen LogP contribution in [0, 0.1) is 0 Å². The molecule has 0 aliphatic heterocycles. The summed E-state index contributed by atoms with van der Waals surface area (Å²) in [5, 5.41) is 6.62. The summed E-state index contributed by atoms with van der Waals surface area (Å²) < 4.78 is 4.68. The van der Waals surface area contributed by atoms with E-state index in [-0.39, 0.29) is 5.91 Å². The molecular formula is C21H18ClN3O3. The third-order valence-corrected chi connectivity index (χ3v) is 4.21. The van der Waals surface area contributed by atoms with Gasteiger partial charge in [-0.25, -0.2) is 9.78 Å². The van der Waals surface area contributed by atoms with Gasteiger partial charge in [0.15, 0.2) is 0 Å². The number of hydrogen-bond donors (Lipinski definition) is 2. The van der Waals surface area contributed by atoms with E-state index in [1.165, 1.54) is 13.3 Å². The molecule has 7 heteroatoms. The SMILES string of the molecule is COC(=O)c1cccc(NC(=O)c2ccc(NCc3ccc(Cl)cc3)nc2)c1. The summed E-state index contributed by atoms with van der Waals surface area (Å²) in [5.41, 5.74) is 2.33. The number of anilines is 2. The van der Waals surface area contributed by atoms with Crippen molar-refractivity contribution in [3.63, 3.8) is 0 Å². The van der Waals surface area contributed by atoms with Gasteiger partial charge in [-0.05, 0) is 48.0 Å². The van der Waals surface area contributed by atoms with Gasteiger partial charge >= 0.3 is 5.97 Å². The number of pyridine rings is 1. The molecule has 2 N–H and O–H groups in total. The number of carbonyl (C=O) groups excluding carboxylic acids is 2. The maximum Gasteiger partial charge on any atom is 0.337 e. The Morgan fingerprint density at radius 2 is 1.82 bits per heavy atom. The van der Waals surface area contributed by atoms with Gasteiger partial charge in [0.25, 0.3) is 5.91 Å². The van der Waals surface area contributed by atoms with E-state index >= 15 is 0 Å². The molecule has 1 aromatic heterocycles. The summed E-state index contributed by atoms with van der Waals surface area (Å²) in [6.45, 7) is 0.593. The molecule has 1 amide bonds. The summed E-state index contributed by atoms with van der Waals surface area (Å²) in [5.74, 6) is -0.133. The first-order chi connectivity index (χ1) is 13.5. The average Bonchev–Trinajstić information content (AvgIpc) is 2.73. The summed E-state index contributed by atoms with van der Waals surface area (Å²) >= 11 is 5.87. The van der Waals surface area contributed by atoms with Crippen molar-refractivity contribution in [3.05, 3.63) is 88.6 Å². The van der Waals surface area contributed by atoms with Crippen LogP contribution in [0.5, 0.6) is 0 Å². The zero-order chi connectivity index (χ0) is 19.9. The highest BCUT2D eigenvalue weighted by Gasteiger charge is 2.10. The van der Waals surface area contributed by atoms with E-state index in [2.05, 4.69) is 20.4 Å². The van der Waals surface area contributed by atoms with Gasteiger partial charge in [0.1, 0.15) is 5.82 Å². The molecule has 0 spiro atoms. The second-order valence-corrected chi connectivity index (χ2v) is 6.38. The Balaban J connectivity index is 1.60. The molecule has 0 unspecified atom stereocenters. The smallest absolute Gasteiger partial charge is 0.337 e. The monoisotopic (exact) mass is 395 g/mol. The van der Waals surface area contributed by atoms with Crippen molar-refractivity contribution in [3.8, 4) is 0 Å². The summed E-state index contributed by atoms with van der Waals surface area (Å²) in [6.07, 6.45) is 1.49. The number of nitrogens with one attached hydrogen (secondary N) is 2. The Labute approximate surface area is 167 Å². The van der Waals surface area contributed by atoms with Crippen LogP contribution in [0.25, 0.3) is 0 Å². The zero-order valence-corrected chi connectivity index (χ0v) is 15.9. The van der Waals surface area contributed by atoms with Gasteiger partial charge in [-0.1, -0.05) is 29.8 Å². The Bertz CT molecular complexity index is 973. The van der Waals surface area contributed by atoms with Gasteiger partial charge in [-0.15, -0.1) is 0 Å². The van der Waals surface area contributed by atoms with Crippen molar-refractivity contribution in [2.75, 3.05) is 17.7 Å². The van der Waals surface area contributed by atoms with Crippen LogP contribution in [-0.2, 0) is 11.3 Å². The molecule has 1 heterocycles.